The molecular formula is C13H16N2O2S. The number of nitriles is 1. The average molecular weight is 264 g/mol. The minimum atomic E-state index is -3.50. The third-order valence-electron chi connectivity index (χ3n) is 3.13. The molecule has 18 heavy (non-hydrogen) atoms. The topological polar surface area (TPSA) is 70.0 Å². The maximum atomic E-state index is 12.1. The highest BCUT2D eigenvalue weighted by Gasteiger charge is 2.20. The molecule has 0 spiro atoms. The van der Waals surface area contributed by atoms with Crippen molar-refractivity contribution in [2.45, 2.75) is 43.5 Å². The van der Waals surface area contributed by atoms with Crippen molar-refractivity contribution in [3.05, 3.63) is 29.3 Å². The second-order valence-corrected chi connectivity index (χ2v) is 6.38. The van der Waals surface area contributed by atoms with Crippen LogP contribution in [-0.4, -0.2) is 14.5 Å². The quantitative estimate of drug-likeness (QED) is 0.900. The van der Waals surface area contributed by atoms with Crippen LogP contribution in [0, 0.1) is 11.3 Å². The van der Waals surface area contributed by atoms with Crippen molar-refractivity contribution < 1.29 is 8.42 Å². The first kappa shape index (κ1) is 13.1. The molecule has 0 amide bonds. The average Bonchev–Trinajstić information content (AvgIpc) is 2.75. The molecular weight excluding hydrogens is 248 g/mol. The summed E-state index contributed by atoms with van der Waals surface area (Å²) in [6.07, 6.45) is 3.25. The molecule has 1 aliphatic rings. The second-order valence-electron chi connectivity index (χ2n) is 4.67. The Morgan fingerprint density at radius 1 is 1.39 bits per heavy atom. The molecule has 1 N–H and O–H groups in total. The number of aryl methyl sites for hydroxylation is 2. The van der Waals surface area contributed by atoms with Crippen LogP contribution < -0.4 is 4.72 Å². The molecule has 96 valence electrons. The second kappa shape index (κ2) is 5.09. The van der Waals surface area contributed by atoms with Crippen LogP contribution in [0.5, 0.6) is 0 Å². The number of fused-ring (bicyclic) bond motifs is 1. The summed E-state index contributed by atoms with van der Waals surface area (Å²) in [6, 6.07) is 6.88. The van der Waals surface area contributed by atoms with Gasteiger partial charge in [0, 0.05) is 6.04 Å². The van der Waals surface area contributed by atoms with Crippen molar-refractivity contribution in [2.24, 2.45) is 0 Å². The van der Waals surface area contributed by atoms with Gasteiger partial charge in [0.25, 0.3) is 0 Å². The lowest BCUT2D eigenvalue weighted by Gasteiger charge is -2.12. The minimum Gasteiger partial charge on any atom is -0.207 e. The minimum absolute atomic E-state index is 0.171. The van der Waals surface area contributed by atoms with Gasteiger partial charge in [0.05, 0.1) is 17.4 Å². The molecule has 1 atom stereocenters. The molecule has 0 aliphatic heterocycles. The van der Waals surface area contributed by atoms with E-state index < -0.39 is 10.0 Å². The molecule has 0 saturated carbocycles. The Labute approximate surface area is 108 Å². The molecule has 1 aromatic carbocycles. The van der Waals surface area contributed by atoms with Crippen molar-refractivity contribution in [2.75, 3.05) is 0 Å². The Morgan fingerprint density at radius 2 is 2.11 bits per heavy atom. The number of nitrogens with zero attached hydrogens (tertiary/aromatic N) is 1. The molecule has 0 fully saturated rings. The van der Waals surface area contributed by atoms with E-state index in [4.69, 9.17) is 5.26 Å². The number of nitrogens with one attached hydrogen (secondary N) is 1. The predicted octanol–water partition coefficient (Wildman–Crippen LogP) is 1.76. The molecule has 2 rings (SSSR count). The number of sulfonamides is 1. The fourth-order valence-corrected chi connectivity index (χ4v) is 3.52. The Bertz CT molecular complexity index is 587. The van der Waals surface area contributed by atoms with Crippen molar-refractivity contribution in [3.63, 3.8) is 0 Å². The molecule has 0 radical (unpaired) electrons. The largest absolute Gasteiger partial charge is 0.240 e. The van der Waals surface area contributed by atoms with E-state index in [1.165, 1.54) is 5.56 Å². The van der Waals surface area contributed by atoms with Gasteiger partial charge < -0.3 is 0 Å². The number of hydrogen-bond acceptors (Lipinski definition) is 3. The summed E-state index contributed by atoms with van der Waals surface area (Å²) >= 11 is 0. The van der Waals surface area contributed by atoms with E-state index >= 15 is 0 Å². The Balaban J connectivity index is 2.23. The maximum absolute atomic E-state index is 12.1. The lowest BCUT2D eigenvalue weighted by molar-refractivity contribution is 0.563. The van der Waals surface area contributed by atoms with Crippen LogP contribution in [0.25, 0.3) is 0 Å². The van der Waals surface area contributed by atoms with Crippen molar-refractivity contribution in [1.29, 1.82) is 5.26 Å². The van der Waals surface area contributed by atoms with Crippen LogP contribution in [0.4, 0.5) is 0 Å². The van der Waals surface area contributed by atoms with E-state index in [1.54, 1.807) is 19.1 Å². The van der Waals surface area contributed by atoms with Gasteiger partial charge in [-0.15, -0.1) is 0 Å². The number of hydrogen-bond donors (Lipinski definition) is 1. The van der Waals surface area contributed by atoms with Gasteiger partial charge in [0.2, 0.25) is 10.0 Å². The summed E-state index contributed by atoms with van der Waals surface area (Å²) in [4.78, 5) is 0.299. The van der Waals surface area contributed by atoms with E-state index in [0.29, 0.717) is 4.90 Å². The van der Waals surface area contributed by atoms with Crippen LogP contribution in [0.2, 0.25) is 0 Å². The first-order chi connectivity index (χ1) is 8.53. The molecule has 1 aromatic rings. The van der Waals surface area contributed by atoms with Gasteiger partial charge >= 0.3 is 0 Å². The Kier molecular flexibility index (Phi) is 3.69. The molecule has 0 aromatic heterocycles. The third-order valence-corrected chi connectivity index (χ3v) is 4.72. The summed E-state index contributed by atoms with van der Waals surface area (Å²) in [5.41, 5.74) is 2.38. The van der Waals surface area contributed by atoms with E-state index in [-0.39, 0.29) is 12.5 Å². The van der Waals surface area contributed by atoms with Crippen molar-refractivity contribution in [1.82, 2.24) is 4.72 Å². The van der Waals surface area contributed by atoms with Crippen LogP contribution in [0.15, 0.2) is 23.1 Å². The fraction of sp³-hybridized carbons (Fsp3) is 0.462. The first-order valence-electron chi connectivity index (χ1n) is 6.04. The lowest BCUT2D eigenvalue weighted by atomic mass is 10.1. The Hall–Kier alpha value is -1.38. The molecule has 1 unspecified atom stereocenters. The third kappa shape index (κ3) is 2.71. The number of benzene rings is 1. The van der Waals surface area contributed by atoms with Gasteiger partial charge in [0.1, 0.15) is 0 Å². The standard InChI is InChI=1S/C13H16N2O2S/c1-10(7-8-14)15-18(16,17)13-6-5-11-3-2-4-12(11)9-13/h5-6,9-10,15H,2-4,7H2,1H3. The smallest absolute Gasteiger partial charge is 0.207 e. The fourth-order valence-electron chi connectivity index (χ4n) is 2.23. The highest BCUT2D eigenvalue weighted by atomic mass is 32.2. The monoisotopic (exact) mass is 264 g/mol. The van der Waals surface area contributed by atoms with Crippen molar-refractivity contribution in [3.8, 4) is 6.07 Å². The van der Waals surface area contributed by atoms with Crippen LogP contribution in [-0.2, 0) is 22.9 Å². The highest BCUT2D eigenvalue weighted by Crippen LogP contribution is 2.24. The number of rotatable bonds is 4. The maximum Gasteiger partial charge on any atom is 0.240 e. The zero-order valence-electron chi connectivity index (χ0n) is 10.3. The van der Waals surface area contributed by atoms with Gasteiger partial charge in [-0.1, -0.05) is 6.07 Å². The summed E-state index contributed by atoms with van der Waals surface area (Å²) in [5, 5.41) is 8.55. The van der Waals surface area contributed by atoms with Crippen molar-refractivity contribution >= 4 is 10.0 Å². The SMILES string of the molecule is CC(CC#N)NS(=O)(=O)c1ccc2c(c1)CCC2. The molecule has 1 aliphatic carbocycles. The van der Waals surface area contributed by atoms with Crippen LogP contribution in [0.1, 0.15) is 30.9 Å². The van der Waals surface area contributed by atoms with Gasteiger partial charge in [0.15, 0.2) is 0 Å². The lowest BCUT2D eigenvalue weighted by Crippen LogP contribution is -2.32. The molecule has 0 bridgehead atoms. The summed E-state index contributed by atoms with van der Waals surface area (Å²) < 4.78 is 26.7. The first-order valence-corrected chi connectivity index (χ1v) is 7.52. The van der Waals surface area contributed by atoms with Gasteiger partial charge in [-0.2, -0.15) is 5.26 Å². The highest BCUT2D eigenvalue weighted by molar-refractivity contribution is 7.89. The van der Waals surface area contributed by atoms with Crippen LogP contribution in [0.3, 0.4) is 0 Å². The van der Waals surface area contributed by atoms with E-state index in [1.807, 2.05) is 12.1 Å². The zero-order chi connectivity index (χ0) is 13.2. The molecule has 0 heterocycles. The van der Waals surface area contributed by atoms with Gasteiger partial charge in [-0.25, -0.2) is 13.1 Å². The van der Waals surface area contributed by atoms with E-state index in [2.05, 4.69) is 4.72 Å². The van der Waals surface area contributed by atoms with Gasteiger partial charge in [-0.3, -0.25) is 0 Å². The van der Waals surface area contributed by atoms with E-state index in [9.17, 15) is 8.42 Å². The summed E-state index contributed by atoms with van der Waals surface area (Å²) in [7, 11) is -3.50. The summed E-state index contributed by atoms with van der Waals surface area (Å²) in [6.45, 7) is 1.69. The van der Waals surface area contributed by atoms with Gasteiger partial charge in [-0.05, 0) is 49.4 Å². The zero-order valence-corrected chi connectivity index (χ0v) is 11.1. The normalized spacial score (nSPS) is 16.0. The molecule has 4 nitrogen and oxygen atoms in total. The molecule has 5 heteroatoms. The molecule has 0 saturated heterocycles. The summed E-state index contributed by atoms with van der Waals surface area (Å²) in [5.74, 6) is 0. The predicted molar refractivity (Wildman–Crippen MR) is 68.5 cm³/mol. The Morgan fingerprint density at radius 3 is 2.83 bits per heavy atom. The van der Waals surface area contributed by atoms with E-state index in [0.717, 1.165) is 24.8 Å². The van der Waals surface area contributed by atoms with Crippen LogP contribution >= 0.6 is 0 Å².